The molecule has 25 heavy (non-hydrogen) atoms. The van der Waals surface area contributed by atoms with Gasteiger partial charge in [0.1, 0.15) is 0 Å². The third-order valence-electron chi connectivity index (χ3n) is 4.13. The van der Waals surface area contributed by atoms with Crippen LogP contribution in [0.3, 0.4) is 0 Å². The van der Waals surface area contributed by atoms with E-state index in [4.69, 9.17) is 11.6 Å². The molecule has 6 nitrogen and oxygen atoms in total. The summed E-state index contributed by atoms with van der Waals surface area (Å²) >= 11 is 5.77. The van der Waals surface area contributed by atoms with Crippen LogP contribution in [0.5, 0.6) is 0 Å². The van der Waals surface area contributed by atoms with Gasteiger partial charge in [0.15, 0.2) is 5.69 Å². The minimum atomic E-state index is -4.61. The molecule has 0 spiro atoms. The lowest BCUT2D eigenvalue weighted by molar-refractivity contribution is -0.141. The lowest BCUT2D eigenvalue weighted by Crippen LogP contribution is -2.37. The van der Waals surface area contributed by atoms with E-state index in [-0.39, 0.29) is 5.92 Å². The van der Waals surface area contributed by atoms with Crippen molar-refractivity contribution in [1.82, 2.24) is 19.5 Å². The summed E-state index contributed by atoms with van der Waals surface area (Å²) in [6, 6.07) is 0.538. The second kappa shape index (κ2) is 6.99. The average Bonchev–Trinajstić information content (AvgIpc) is 2.57. The highest BCUT2D eigenvalue weighted by molar-refractivity contribution is 6.30. The van der Waals surface area contributed by atoms with Gasteiger partial charge in [-0.1, -0.05) is 11.6 Å². The molecule has 0 N–H and O–H groups in total. The molecule has 3 heterocycles. The lowest BCUT2D eigenvalue weighted by atomic mass is 9.97. The molecule has 0 bridgehead atoms. The fourth-order valence-electron chi connectivity index (χ4n) is 2.78. The number of hydrogen-bond donors (Lipinski definition) is 0. The third-order valence-corrected chi connectivity index (χ3v) is 4.32. The van der Waals surface area contributed by atoms with E-state index in [1.54, 1.807) is 0 Å². The van der Waals surface area contributed by atoms with E-state index in [9.17, 15) is 18.0 Å². The van der Waals surface area contributed by atoms with Gasteiger partial charge in [0.2, 0.25) is 5.95 Å². The van der Waals surface area contributed by atoms with Crippen LogP contribution in [0.15, 0.2) is 29.6 Å². The molecule has 0 aromatic carbocycles. The van der Waals surface area contributed by atoms with E-state index in [1.165, 1.54) is 17.0 Å². The Bertz CT molecular complexity index is 785. The Balaban J connectivity index is 1.61. The van der Waals surface area contributed by atoms with Crippen LogP contribution in [0.2, 0.25) is 5.02 Å². The zero-order valence-electron chi connectivity index (χ0n) is 13.1. The maximum absolute atomic E-state index is 12.6. The average molecular weight is 374 g/mol. The monoisotopic (exact) mass is 373 g/mol. The molecule has 1 aliphatic rings. The highest BCUT2D eigenvalue weighted by Crippen LogP contribution is 2.26. The van der Waals surface area contributed by atoms with Crippen molar-refractivity contribution < 1.29 is 13.2 Å². The van der Waals surface area contributed by atoms with E-state index in [1.807, 2.05) is 4.90 Å². The minimum absolute atomic E-state index is 0.180. The summed E-state index contributed by atoms with van der Waals surface area (Å²) in [4.78, 5) is 25.6. The number of aromatic nitrogens is 4. The van der Waals surface area contributed by atoms with E-state index in [0.717, 1.165) is 19.2 Å². The van der Waals surface area contributed by atoms with Gasteiger partial charge < -0.3 is 4.90 Å². The van der Waals surface area contributed by atoms with E-state index in [2.05, 4.69) is 15.0 Å². The van der Waals surface area contributed by atoms with Gasteiger partial charge in [-0.25, -0.2) is 15.0 Å². The van der Waals surface area contributed by atoms with Crippen molar-refractivity contribution in [3.05, 3.63) is 45.9 Å². The van der Waals surface area contributed by atoms with Gasteiger partial charge in [0.25, 0.3) is 5.56 Å². The Morgan fingerprint density at radius 2 is 1.80 bits per heavy atom. The summed E-state index contributed by atoms with van der Waals surface area (Å²) in [7, 11) is 0. The van der Waals surface area contributed by atoms with Crippen molar-refractivity contribution in [2.24, 2.45) is 5.92 Å². The number of nitrogens with zero attached hydrogens (tertiary/aromatic N) is 5. The van der Waals surface area contributed by atoms with Crippen LogP contribution in [0.25, 0.3) is 0 Å². The fraction of sp³-hybridized carbons (Fsp3) is 0.467. The van der Waals surface area contributed by atoms with Crippen LogP contribution in [-0.2, 0) is 12.7 Å². The van der Waals surface area contributed by atoms with Crippen LogP contribution in [0.4, 0.5) is 19.1 Å². The van der Waals surface area contributed by atoms with Gasteiger partial charge in [0.05, 0.1) is 23.7 Å². The molecular formula is C15H15ClF3N5O. The van der Waals surface area contributed by atoms with Crippen molar-refractivity contribution in [2.75, 3.05) is 18.0 Å². The Hall–Kier alpha value is -2.16. The second-order valence-electron chi connectivity index (χ2n) is 5.89. The van der Waals surface area contributed by atoms with Crippen molar-refractivity contribution in [3.8, 4) is 0 Å². The molecule has 0 atom stereocenters. The molecule has 1 saturated heterocycles. The molecule has 0 radical (unpaired) electrons. The molecule has 0 aliphatic carbocycles. The largest absolute Gasteiger partial charge is 0.433 e. The first kappa shape index (κ1) is 17.7. The van der Waals surface area contributed by atoms with E-state index in [0.29, 0.717) is 36.7 Å². The number of rotatable bonds is 3. The van der Waals surface area contributed by atoms with Gasteiger partial charge in [-0.15, -0.1) is 0 Å². The summed E-state index contributed by atoms with van der Waals surface area (Å²) in [5.41, 5.74) is -1.85. The molecular weight excluding hydrogens is 359 g/mol. The zero-order chi connectivity index (χ0) is 18.0. The highest BCUT2D eigenvalue weighted by Gasteiger charge is 2.33. The summed E-state index contributed by atoms with van der Waals surface area (Å²) in [5.74, 6) is 0.774. The second-order valence-corrected chi connectivity index (χ2v) is 6.33. The number of anilines is 1. The zero-order valence-corrected chi connectivity index (χ0v) is 13.8. The van der Waals surface area contributed by atoms with Crippen molar-refractivity contribution in [2.45, 2.75) is 25.6 Å². The minimum Gasteiger partial charge on any atom is -0.341 e. The maximum Gasteiger partial charge on any atom is 0.433 e. The van der Waals surface area contributed by atoms with Crippen molar-refractivity contribution >= 4 is 17.5 Å². The number of hydrogen-bond acceptors (Lipinski definition) is 5. The molecule has 0 amide bonds. The predicted octanol–water partition coefficient (Wildman–Crippen LogP) is 2.62. The van der Waals surface area contributed by atoms with Crippen LogP contribution in [-0.4, -0.2) is 32.6 Å². The summed E-state index contributed by atoms with van der Waals surface area (Å²) in [6.45, 7) is 1.75. The van der Waals surface area contributed by atoms with Gasteiger partial charge >= 0.3 is 6.18 Å². The summed E-state index contributed by atoms with van der Waals surface area (Å²) in [5, 5.41) is 0.466. The van der Waals surface area contributed by atoms with E-state index < -0.39 is 17.4 Å². The number of alkyl halides is 3. The van der Waals surface area contributed by atoms with Gasteiger partial charge in [-0.3, -0.25) is 9.36 Å². The first-order valence-corrected chi connectivity index (χ1v) is 8.07. The predicted molar refractivity (Wildman–Crippen MR) is 85.5 cm³/mol. The normalized spacial score (nSPS) is 16.2. The Kier molecular flexibility index (Phi) is 4.94. The first-order valence-electron chi connectivity index (χ1n) is 7.69. The highest BCUT2D eigenvalue weighted by atomic mass is 35.5. The van der Waals surface area contributed by atoms with Gasteiger partial charge in [-0.05, 0) is 18.8 Å². The number of piperidine rings is 1. The molecule has 0 saturated carbocycles. The summed E-state index contributed by atoms with van der Waals surface area (Å²) < 4.78 is 38.9. The molecule has 3 rings (SSSR count). The topological polar surface area (TPSA) is 63.9 Å². The SMILES string of the molecule is O=c1cc(C(F)(F)F)ncn1CC1CCN(c2ncc(Cl)cn2)CC1. The molecule has 1 fully saturated rings. The van der Waals surface area contributed by atoms with Crippen molar-refractivity contribution in [1.29, 1.82) is 0 Å². The van der Waals surface area contributed by atoms with Crippen LogP contribution < -0.4 is 10.5 Å². The van der Waals surface area contributed by atoms with E-state index >= 15 is 0 Å². The Morgan fingerprint density at radius 1 is 1.16 bits per heavy atom. The molecule has 134 valence electrons. The quantitative estimate of drug-likeness (QED) is 0.827. The molecule has 1 aliphatic heterocycles. The van der Waals surface area contributed by atoms with Crippen molar-refractivity contribution in [3.63, 3.8) is 0 Å². The Morgan fingerprint density at radius 3 is 2.36 bits per heavy atom. The molecule has 0 unspecified atom stereocenters. The third kappa shape index (κ3) is 4.28. The standard InChI is InChI=1S/C15H15ClF3N5O/c16-11-6-20-14(21-7-11)23-3-1-10(2-4-23)8-24-9-22-12(5-13(24)25)15(17,18)19/h5-7,9-10H,1-4,8H2. The first-order chi connectivity index (χ1) is 11.8. The van der Waals surface area contributed by atoms with Crippen LogP contribution in [0.1, 0.15) is 18.5 Å². The smallest absolute Gasteiger partial charge is 0.341 e. The van der Waals surface area contributed by atoms with Crippen LogP contribution in [0, 0.1) is 5.92 Å². The molecule has 10 heteroatoms. The molecule has 2 aromatic heterocycles. The fourth-order valence-corrected chi connectivity index (χ4v) is 2.88. The Labute approximate surface area is 146 Å². The molecule has 2 aromatic rings. The van der Waals surface area contributed by atoms with Gasteiger partial charge in [0, 0.05) is 25.7 Å². The number of halogens is 4. The van der Waals surface area contributed by atoms with Crippen LogP contribution >= 0.6 is 11.6 Å². The lowest BCUT2D eigenvalue weighted by Gasteiger charge is -2.32. The maximum atomic E-state index is 12.6. The summed E-state index contributed by atoms with van der Waals surface area (Å²) in [6.07, 6.45) is 0.980. The van der Waals surface area contributed by atoms with Gasteiger partial charge in [-0.2, -0.15) is 13.2 Å².